The molecule has 1 aliphatic rings. The van der Waals surface area contributed by atoms with Crippen LogP contribution in [0.5, 0.6) is 0 Å². The van der Waals surface area contributed by atoms with Gasteiger partial charge in [-0.2, -0.15) is 0 Å². The van der Waals surface area contributed by atoms with Gasteiger partial charge in [0, 0.05) is 13.0 Å². The lowest BCUT2D eigenvalue weighted by Crippen LogP contribution is -2.58. The summed E-state index contributed by atoms with van der Waals surface area (Å²) in [5.74, 6) is 0.212. The second kappa shape index (κ2) is 5.80. The van der Waals surface area contributed by atoms with Crippen LogP contribution >= 0.6 is 0 Å². The third kappa shape index (κ3) is 3.65. The highest BCUT2D eigenvalue weighted by molar-refractivity contribution is 5.78. The highest BCUT2D eigenvalue weighted by atomic mass is 16.5. The predicted octanol–water partition coefficient (Wildman–Crippen LogP) is 3.38. The quantitative estimate of drug-likeness (QED) is 0.853. The molecule has 1 unspecified atom stereocenters. The van der Waals surface area contributed by atoms with Gasteiger partial charge in [0.05, 0.1) is 18.2 Å². The molecule has 21 heavy (non-hydrogen) atoms. The number of benzene rings is 1. The predicted molar refractivity (Wildman–Crippen MR) is 85.3 cm³/mol. The van der Waals surface area contributed by atoms with E-state index >= 15 is 0 Å². The highest BCUT2D eigenvalue weighted by Crippen LogP contribution is 2.30. The van der Waals surface area contributed by atoms with Gasteiger partial charge in [-0.3, -0.25) is 4.79 Å². The molecule has 0 spiro atoms. The number of nitrogens with zero attached hydrogens (tertiary/aromatic N) is 1. The summed E-state index contributed by atoms with van der Waals surface area (Å²) in [6.07, 6.45) is 0.634. The molecule has 0 aliphatic carbocycles. The van der Waals surface area contributed by atoms with Gasteiger partial charge >= 0.3 is 0 Å². The first-order chi connectivity index (χ1) is 9.72. The van der Waals surface area contributed by atoms with Crippen LogP contribution in [0, 0.1) is 0 Å². The van der Waals surface area contributed by atoms with Crippen LogP contribution in [-0.2, 0) is 14.9 Å². The van der Waals surface area contributed by atoms with Crippen LogP contribution in [0.15, 0.2) is 30.3 Å². The monoisotopic (exact) mass is 289 g/mol. The van der Waals surface area contributed by atoms with E-state index in [0.29, 0.717) is 19.6 Å². The largest absolute Gasteiger partial charge is 0.374 e. The summed E-state index contributed by atoms with van der Waals surface area (Å²) in [5.41, 5.74) is 0.823. The van der Waals surface area contributed by atoms with E-state index in [9.17, 15) is 4.79 Å². The minimum Gasteiger partial charge on any atom is -0.374 e. The van der Waals surface area contributed by atoms with Crippen molar-refractivity contribution in [2.75, 3.05) is 13.2 Å². The van der Waals surface area contributed by atoms with Crippen LogP contribution < -0.4 is 0 Å². The summed E-state index contributed by atoms with van der Waals surface area (Å²) < 4.78 is 5.69. The van der Waals surface area contributed by atoms with E-state index in [1.165, 1.54) is 5.56 Å². The number of ether oxygens (including phenoxy) is 1. The van der Waals surface area contributed by atoms with Crippen molar-refractivity contribution < 1.29 is 9.53 Å². The number of rotatable bonds is 3. The van der Waals surface area contributed by atoms with E-state index in [-0.39, 0.29) is 23.0 Å². The van der Waals surface area contributed by atoms with Crippen molar-refractivity contribution in [2.45, 2.75) is 58.1 Å². The number of carbonyl (C=O) groups excluding carboxylic acids is 1. The van der Waals surface area contributed by atoms with Gasteiger partial charge in [0.1, 0.15) is 0 Å². The van der Waals surface area contributed by atoms with Gasteiger partial charge in [-0.15, -0.1) is 0 Å². The molecule has 1 saturated heterocycles. The SMILES string of the molecule is CC1CN(C(=O)CC(C)(C)c2ccccc2)C(C)(C)CO1. The molecule has 0 N–H and O–H groups in total. The Bertz CT molecular complexity index is 493. The van der Waals surface area contributed by atoms with Gasteiger partial charge in [0.2, 0.25) is 5.91 Å². The normalized spacial score (nSPS) is 22.1. The Morgan fingerprint density at radius 1 is 1.33 bits per heavy atom. The van der Waals surface area contributed by atoms with Gasteiger partial charge in [-0.25, -0.2) is 0 Å². The number of carbonyl (C=O) groups is 1. The van der Waals surface area contributed by atoms with Crippen molar-refractivity contribution in [1.29, 1.82) is 0 Å². The minimum atomic E-state index is -0.226. The van der Waals surface area contributed by atoms with Gasteiger partial charge in [-0.1, -0.05) is 44.2 Å². The lowest BCUT2D eigenvalue weighted by Gasteiger charge is -2.45. The van der Waals surface area contributed by atoms with Crippen molar-refractivity contribution in [3.05, 3.63) is 35.9 Å². The third-order valence-corrected chi connectivity index (χ3v) is 4.34. The molecule has 1 fully saturated rings. The summed E-state index contributed by atoms with van der Waals surface area (Å²) in [6, 6.07) is 10.3. The van der Waals surface area contributed by atoms with Crippen LogP contribution in [0.4, 0.5) is 0 Å². The highest BCUT2D eigenvalue weighted by Gasteiger charge is 2.38. The molecule has 1 aromatic carbocycles. The topological polar surface area (TPSA) is 29.5 Å². The first-order valence-corrected chi connectivity index (χ1v) is 7.70. The maximum atomic E-state index is 12.8. The molecule has 0 radical (unpaired) electrons. The van der Waals surface area contributed by atoms with E-state index in [1.807, 2.05) is 30.0 Å². The van der Waals surface area contributed by atoms with Gasteiger partial charge in [-0.05, 0) is 31.7 Å². The second-order valence-corrected chi connectivity index (χ2v) is 7.37. The summed E-state index contributed by atoms with van der Waals surface area (Å²) in [6.45, 7) is 11.7. The molecule has 2 rings (SSSR count). The third-order valence-electron chi connectivity index (χ3n) is 4.34. The van der Waals surface area contributed by atoms with Crippen molar-refractivity contribution in [3.63, 3.8) is 0 Å². The fourth-order valence-corrected chi connectivity index (χ4v) is 2.89. The maximum absolute atomic E-state index is 12.8. The Balaban J connectivity index is 2.13. The molecule has 1 amide bonds. The average Bonchev–Trinajstić information content (AvgIpc) is 2.42. The standard InChI is InChI=1S/C18H27NO2/c1-14-12-19(18(4,5)13-21-14)16(20)11-17(2,3)15-9-7-6-8-10-15/h6-10,14H,11-13H2,1-5H3. The van der Waals surface area contributed by atoms with Gasteiger partial charge in [0.25, 0.3) is 0 Å². The molecule has 116 valence electrons. The lowest BCUT2D eigenvalue weighted by atomic mass is 9.80. The van der Waals surface area contributed by atoms with Crippen LogP contribution in [0.1, 0.15) is 46.6 Å². The van der Waals surface area contributed by atoms with E-state index in [0.717, 1.165) is 0 Å². The second-order valence-electron chi connectivity index (χ2n) is 7.37. The van der Waals surface area contributed by atoms with Crippen molar-refractivity contribution in [3.8, 4) is 0 Å². The minimum absolute atomic E-state index is 0.113. The van der Waals surface area contributed by atoms with E-state index in [2.05, 4.69) is 39.8 Å². The molecular weight excluding hydrogens is 262 g/mol. The zero-order valence-corrected chi connectivity index (χ0v) is 13.8. The molecule has 0 bridgehead atoms. The first kappa shape index (κ1) is 16.0. The van der Waals surface area contributed by atoms with Gasteiger partial charge in [0.15, 0.2) is 0 Å². The Morgan fingerprint density at radius 3 is 2.57 bits per heavy atom. The van der Waals surface area contributed by atoms with Crippen molar-refractivity contribution in [1.82, 2.24) is 4.90 Å². The molecule has 0 aromatic heterocycles. The summed E-state index contributed by atoms with van der Waals surface area (Å²) in [5, 5.41) is 0. The molecule has 1 atom stereocenters. The summed E-state index contributed by atoms with van der Waals surface area (Å²) in [4.78, 5) is 14.8. The summed E-state index contributed by atoms with van der Waals surface area (Å²) in [7, 11) is 0. The first-order valence-electron chi connectivity index (χ1n) is 7.70. The molecule has 1 heterocycles. The average molecular weight is 289 g/mol. The summed E-state index contributed by atoms with van der Waals surface area (Å²) >= 11 is 0. The molecule has 1 aliphatic heterocycles. The number of amides is 1. The number of hydrogen-bond acceptors (Lipinski definition) is 2. The molecule has 1 aromatic rings. The zero-order chi connectivity index (χ0) is 15.7. The van der Waals surface area contributed by atoms with Crippen LogP contribution in [-0.4, -0.2) is 35.6 Å². The van der Waals surface area contributed by atoms with E-state index in [4.69, 9.17) is 4.74 Å². The smallest absolute Gasteiger partial charge is 0.224 e. The fourth-order valence-electron chi connectivity index (χ4n) is 2.89. The van der Waals surface area contributed by atoms with Crippen LogP contribution in [0.2, 0.25) is 0 Å². The van der Waals surface area contributed by atoms with Gasteiger partial charge < -0.3 is 9.64 Å². The Hall–Kier alpha value is -1.35. The van der Waals surface area contributed by atoms with Crippen molar-refractivity contribution >= 4 is 5.91 Å². The zero-order valence-electron chi connectivity index (χ0n) is 13.8. The van der Waals surface area contributed by atoms with E-state index < -0.39 is 0 Å². The fraction of sp³-hybridized carbons (Fsp3) is 0.611. The molecular formula is C18H27NO2. The number of morpholine rings is 1. The Morgan fingerprint density at radius 2 is 1.95 bits per heavy atom. The molecule has 0 saturated carbocycles. The molecule has 3 heteroatoms. The Labute approximate surface area is 128 Å². The van der Waals surface area contributed by atoms with Crippen LogP contribution in [0.3, 0.4) is 0 Å². The van der Waals surface area contributed by atoms with Crippen LogP contribution in [0.25, 0.3) is 0 Å². The maximum Gasteiger partial charge on any atom is 0.224 e. The van der Waals surface area contributed by atoms with E-state index in [1.54, 1.807) is 0 Å². The number of hydrogen-bond donors (Lipinski definition) is 0. The Kier molecular flexibility index (Phi) is 4.43. The lowest BCUT2D eigenvalue weighted by molar-refractivity contribution is -0.153. The van der Waals surface area contributed by atoms with Crippen molar-refractivity contribution in [2.24, 2.45) is 0 Å². The molecule has 3 nitrogen and oxygen atoms in total.